The highest BCUT2D eigenvalue weighted by Crippen LogP contribution is 2.41. The number of cyclic esters (lactones) is 1. The van der Waals surface area contributed by atoms with Crippen molar-refractivity contribution in [2.75, 3.05) is 13.7 Å². The van der Waals surface area contributed by atoms with Crippen molar-refractivity contribution in [2.45, 2.75) is 198 Å². The molecule has 3 rings (SSSR count). The van der Waals surface area contributed by atoms with Crippen molar-refractivity contribution < 1.29 is 69.0 Å². The first-order valence-electron chi connectivity index (χ1n) is 19.4. The summed E-state index contributed by atoms with van der Waals surface area (Å²) < 4.78 is 37.1. The Bertz CT molecular complexity index is 1160. The van der Waals surface area contributed by atoms with Crippen LogP contribution in [-0.2, 0) is 33.2 Å². The van der Waals surface area contributed by atoms with Crippen LogP contribution in [0.15, 0.2) is 0 Å². The standard InChI is InChI=1S/C38H71NO14/c1-13-26-38(11,47)31(43)21(5)28(41)18(2)15-36(9,46)33(53-35-29(42)25(14-20(4)49-35)39-17-19(3)40)22(6)30(23(7)34(45)51-26)52-27-16-37(10,48-12)32(44)24(8)50-27/h18-33,35,39-44,46-47H,13-17H2,1-12H3/t18-,19+,20-,21+,22+,23-,24+,25+,26-,27-,28+,29-,30+,31-,32+,33-,35+,36-,37-,38-/m1/s1. The van der Waals surface area contributed by atoms with E-state index in [2.05, 4.69) is 5.32 Å². The average Bonchev–Trinajstić information content (AvgIpc) is 3.08. The molecule has 3 saturated heterocycles. The van der Waals surface area contributed by atoms with Crippen molar-refractivity contribution in [1.29, 1.82) is 0 Å². The monoisotopic (exact) mass is 765 g/mol. The Labute approximate surface area is 315 Å². The topological polar surface area (TPSA) is 226 Å². The SMILES string of the molecule is CC[C@H]1OC(=O)[C@H](C)[C@@H](O[C@@H]2C[C@@](C)(OC)[C@@H](O)[C@H](C)O2)[C@H](C)[C@@H](O[C@@H]2O[C@H](C)C[C@H](NC[C@H](C)O)[C@H]2O)[C@](C)(O)C[C@@H](C)[C@H](O)[C@H](C)[C@@H](O)[C@]1(C)O. The molecule has 0 amide bonds. The van der Waals surface area contributed by atoms with Crippen molar-refractivity contribution in [3.05, 3.63) is 0 Å². The van der Waals surface area contributed by atoms with Gasteiger partial charge in [-0.1, -0.05) is 27.7 Å². The molecule has 0 aliphatic carbocycles. The molecule has 0 aromatic carbocycles. The maximum atomic E-state index is 14.1. The summed E-state index contributed by atoms with van der Waals surface area (Å²) >= 11 is 0. The van der Waals surface area contributed by atoms with Crippen molar-refractivity contribution >= 4 is 5.97 Å². The first-order valence-corrected chi connectivity index (χ1v) is 19.4. The van der Waals surface area contributed by atoms with Crippen LogP contribution in [0.3, 0.4) is 0 Å². The highest BCUT2D eigenvalue weighted by atomic mass is 16.7. The van der Waals surface area contributed by atoms with Crippen LogP contribution in [0, 0.1) is 23.7 Å². The third-order valence-electron chi connectivity index (χ3n) is 12.1. The molecule has 20 atom stereocenters. The molecule has 0 aromatic heterocycles. The van der Waals surface area contributed by atoms with Gasteiger partial charge in [0.25, 0.3) is 0 Å². The fourth-order valence-corrected chi connectivity index (χ4v) is 8.62. The number of carbonyl (C=O) groups excluding carboxylic acids is 1. The molecule has 3 aliphatic rings. The zero-order valence-corrected chi connectivity index (χ0v) is 33.8. The van der Waals surface area contributed by atoms with Gasteiger partial charge in [0.1, 0.15) is 23.9 Å². The van der Waals surface area contributed by atoms with Crippen LogP contribution in [-0.4, -0.2) is 152 Å². The van der Waals surface area contributed by atoms with E-state index in [0.29, 0.717) is 6.42 Å². The highest BCUT2D eigenvalue weighted by molar-refractivity contribution is 5.73. The van der Waals surface area contributed by atoms with Crippen molar-refractivity contribution in [3.8, 4) is 0 Å². The lowest BCUT2D eigenvalue weighted by Gasteiger charge is -2.49. The van der Waals surface area contributed by atoms with Gasteiger partial charge in [-0.3, -0.25) is 4.79 Å². The minimum absolute atomic E-state index is 0.0713. The Hall–Kier alpha value is -1.05. The predicted molar refractivity (Wildman–Crippen MR) is 193 cm³/mol. The van der Waals surface area contributed by atoms with E-state index in [4.69, 9.17) is 28.4 Å². The Morgan fingerprint density at radius 2 is 1.53 bits per heavy atom. The number of methoxy groups -OCH3 is 1. The van der Waals surface area contributed by atoms with Crippen LogP contribution >= 0.6 is 0 Å². The second-order valence-corrected chi connectivity index (χ2v) is 17.0. The van der Waals surface area contributed by atoms with Gasteiger partial charge in [0.15, 0.2) is 12.6 Å². The molecule has 0 spiro atoms. The van der Waals surface area contributed by atoms with Crippen molar-refractivity contribution in [2.24, 2.45) is 23.7 Å². The minimum Gasteiger partial charge on any atom is -0.459 e. The van der Waals surface area contributed by atoms with Gasteiger partial charge in [-0.05, 0) is 73.6 Å². The van der Waals surface area contributed by atoms with Crippen LogP contribution < -0.4 is 5.32 Å². The van der Waals surface area contributed by atoms with Gasteiger partial charge in [-0.2, -0.15) is 0 Å². The van der Waals surface area contributed by atoms with Gasteiger partial charge in [0.2, 0.25) is 0 Å². The van der Waals surface area contributed by atoms with Crippen molar-refractivity contribution in [1.82, 2.24) is 5.32 Å². The van der Waals surface area contributed by atoms with E-state index >= 15 is 0 Å². The summed E-state index contributed by atoms with van der Waals surface area (Å²) in [5.41, 5.74) is -4.79. The molecule has 3 heterocycles. The lowest BCUT2D eigenvalue weighted by Crippen LogP contribution is -2.61. The van der Waals surface area contributed by atoms with Crippen LogP contribution in [0.2, 0.25) is 0 Å². The lowest BCUT2D eigenvalue weighted by molar-refractivity contribution is -0.316. The van der Waals surface area contributed by atoms with Gasteiger partial charge in [-0.15, -0.1) is 0 Å². The third-order valence-corrected chi connectivity index (χ3v) is 12.1. The highest BCUT2D eigenvalue weighted by Gasteiger charge is 2.53. The fourth-order valence-electron chi connectivity index (χ4n) is 8.62. The summed E-state index contributed by atoms with van der Waals surface area (Å²) in [5.74, 6) is -4.26. The molecule has 0 aromatic rings. The normalized spacial score (nSPS) is 50.2. The second kappa shape index (κ2) is 18.5. The fraction of sp³-hybridized carbons (Fsp3) is 0.974. The molecule has 53 heavy (non-hydrogen) atoms. The number of hydrogen-bond donors (Lipinski definition) is 8. The first-order chi connectivity index (χ1) is 24.4. The molecule has 3 aliphatic heterocycles. The van der Waals surface area contributed by atoms with Crippen LogP contribution in [0.25, 0.3) is 0 Å². The van der Waals surface area contributed by atoms with E-state index in [1.54, 1.807) is 55.4 Å². The third kappa shape index (κ3) is 10.7. The summed E-state index contributed by atoms with van der Waals surface area (Å²) in [4.78, 5) is 14.1. The van der Waals surface area contributed by atoms with Gasteiger partial charge in [0, 0.05) is 38.0 Å². The summed E-state index contributed by atoms with van der Waals surface area (Å²) in [5, 5.41) is 82.5. The van der Waals surface area contributed by atoms with E-state index in [-0.39, 0.29) is 31.9 Å². The number of carbonyl (C=O) groups is 1. The molecule has 0 saturated carbocycles. The molecule has 0 radical (unpaired) electrons. The molecule has 312 valence electrons. The second-order valence-electron chi connectivity index (χ2n) is 17.0. The zero-order valence-electron chi connectivity index (χ0n) is 33.8. The molecule has 15 heteroatoms. The van der Waals surface area contributed by atoms with Crippen LogP contribution in [0.4, 0.5) is 0 Å². The maximum absolute atomic E-state index is 14.1. The van der Waals surface area contributed by atoms with Crippen LogP contribution in [0.1, 0.15) is 102 Å². The van der Waals surface area contributed by atoms with Crippen LogP contribution in [0.5, 0.6) is 0 Å². The summed E-state index contributed by atoms with van der Waals surface area (Å²) in [6, 6.07) is -0.518. The molecule has 0 unspecified atom stereocenters. The smallest absolute Gasteiger partial charge is 0.311 e. The number of ether oxygens (including phenoxy) is 6. The predicted octanol–water partition coefficient (Wildman–Crippen LogP) is 0.986. The molecule has 15 nitrogen and oxygen atoms in total. The molecule has 8 N–H and O–H groups in total. The Morgan fingerprint density at radius 3 is 2.09 bits per heavy atom. The molecular weight excluding hydrogens is 694 g/mol. The number of aliphatic hydroxyl groups excluding tert-OH is 5. The van der Waals surface area contributed by atoms with E-state index in [1.807, 2.05) is 6.92 Å². The van der Waals surface area contributed by atoms with E-state index in [1.165, 1.54) is 21.0 Å². The van der Waals surface area contributed by atoms with Gasteiger partial charge in [0.05, 0.1) is 59.8 Å². The summed E-state index contributed by atoms with van der Waals surface area (Å²) in [7, 11) is 1.48. The number of rotatable bonds is 9. The quantitative estimate of drug-likeness (QED) is 0.153. The average molecular weight is 766 g/mol. The van der Waals surface area contributed by atoms with Gasteiger partial charge < -0.3 is 69.5 Å². The Balaban J connectivity index is 2.16. The molecule has 0 bridgehead atoms. The minimum atomic E-state index is -1.95. The van der Waals surface area contributed by atoms with Gasteiger partial charge >= 0.3 is 5.97 Å². The summed E-state index contributed by atoms with van der Waals surface area (Å²) in [6.07, 6.45) is -11.9. The zero-order chi connectivity index (χ0) is 40.4. The molecule has 3 fully saturated rings. The lowest BCUT2D eigenvalue weighted by atomic mass is 9.73. The first kappa shape index (κ1) is 46.3. The largest absolute Gasteiger partial charge is 0.459 e. The number of esters is 1. The Kier molecular flexibility index (Phi) is 16.2. The summed E-state index contributed by atoms with van der Waals surface area (Å²) in [6.45, 7) is 18.3. The Morgan fingerprint density at radius 1 is 0.906 bits per heavy atom. The number of aliphatic hydroxyl groups is 7. The molecular formula is C38H71NO14. The van der Waals surface area contributed by atoms with E-state index in [0.717, 1.165) is 0 Å². The van der Waals surface area contributed by atoms with E-state index < -0.39 is 120 Å². The van der Waals surface area contributed by atoms with Crippen molar-refractivity contribution in [3.63, 3.8) is 0 Å². The maximum Gasteiger partial charge on any atom is 0.311 e. The number of nitrogens with one attached hydrogen (secondary N) is 1. The van der Waals surface area contributed by atoms with Gasteiger partial charge in [-0.25, -0.2) is 0 Å². The van der Waals surface area contributed by atoms with E-state index in [9.17, 15) is 40.5 Å². The number of hydrogen-bond acceptors (Lipinski definition) is 15.